The second-order valence-electron chi connectivity index (χ2n) is 6.31. The number of aromatic nitrogens is 4. The number of alkyl halides is 7. The zero-order valence-electron chi connectivity index (χ0n) is 14.2. The summed E-state index contributed by atoms with van der Waals surface area (Å²) in [6.45, 7) is -1.92. The number of ether oxygens (including phenoxy) is 1. The number of aliphatic hydroxyl groups is 2. The van der Waals surface area contributed by atoms with Crippen molar-refractivity contribution < 1.29 is 45.7 Å². The minimum Gasteiger partial charge on any atom is -0.385 e. The van der Waals surface area contributed by atoms with Gasteiger partial charge >= 0.3 is 18.0 Å². The molecule has 4 N–H and O–H groups in total. The molecule has 0 amide bonds. The van der Waals surface area contributed by atoms with Crippen LogP contribution in [0.4, 0.5) is 36.7 Å². The fourth-order valence-electron chi connectivity index (χ4n) is 3.02. The number of nitrogens with zero attached hydrogens (tertiary/aromatic N) is 4. The van der Waals surface area contributed by atoms with Crippen LogP contribution in [-0.4, -0.2) is 66.2 Å². The summed E-state index contributed by atoms with van der Waals surface area (Å²) in [7, 11) is 0. The first-order valence-electron chi connectivity index (χ1n) is 7.86. The smallest absolute Gasteiger partial charge is 0.385 e. The molecular formula is C13H11ClF7N5O4. The van der Waals surface area contributed by atoms with Crippen LogP contribution in [0.15, 0.2) is 4.79 Å². The fraction of sp³-hybridized carbons (Fsp3) is 0.615. The number of nitrogen functional groups attached to an aromatic ring is 1. The molecule has 168 valence electrons. The molecule has 1 saturated heterocycles. The van der Waals surface area contributed by atoms with Gasteiger partial charge in [-0.2, -0.15) is 36.3 Å². The van der Waals surface area contributed by atoms with Gasteiger partial charge in [-0.1, -0.05) is 11.6 Å². The van der Waals surface area contributed by atoms with Crippen LogP contribution in [0.1, 0.15) is 6.23 Å². The maximum absolute atomic E-state index is 14.2. The number of hydrogen-bond acceptors (Lipinski definition) is 7. The largest absolute Gasteiger partial charge is 0.417 e. The number of aliphatic hydroxyl groups excluding tert-OH is 2. The molecule has 9 nitrogen and oxygen atoms in total. The van der Waals surface area contributed by atoms with Gasteiger partial charge in [0.05, 0.1) is 0 Å². The van der Waals surface area contributed by atoms with E-state index in [0.717, 1.165) is 0 Å². The lowest BCUT2D eigenvalue weighted by molar-refractivity contribution is -0.241. The van der Waals surface area contributed by atoms with Gasteiger partial charge in [0.25, 0.3) is 0 Å². The second-order valence-corrected chi connectivity index (χ2v) is 6.67. The predicted octanol–water partition coefficient (Wildman–Crippen LogP) is 0.910. The van der Waals surface area contributed by atoms with Crippen LogP contribution in [0.5, 0.6) is 0 Å². The summed E-state index contributed by atoms with van der Waals surface area (Å²) in [6.07, 6.45) is -24.0. The van der Waals surface area contributed by atoms with Crippen LogP contribution in [0.2, 0.25) is 5.15 Å². The summed E-state index contributed by atoms with van der Waals surface area (Å²) >= 11 is 5.75. The van der Waals surface area contributed by atoms with Gasteiger partial charge in [-0.15, -0.1) is 0 Å². The molecule has 0 aromatic carbocycles. The molecule has 17 heteroatoms. The van der Waals surface area contributed by atoms with Crippen molar-refractivity contribution in [2.24, 2.45) is 0 Å². The van der Waals surface area contributed by atoms with Crippen LogP contribution in [0.25, 0.3) is 11.2 Å². The first-order valence-corrected chi connectivity index (χ1v) is 8.24. The molecule has 0 unspecified atom stereocenters. The number of fused-ring (bicyclic) bond motifs is 1. The molecule has 0 spiro atoms. The lowest BCUT2D eigenvalue weighted by Crippen LogP contribution is -2.44. The van der Waals surface area contributed by atoms with Gasteiger partial charge in [0.15, 0.2) is 29.3 Å². The van der Waals surface area contributed by atoms with Crippen molar-refractivity contribution in [1.29, 1.82) is 0 Å². The van der Waals surface area contributed by atoms with Gasteiger partial charge in [0, 0.05) is 0 Å². The van der Waals surface area contributed by atoms with Crippen LogP contribution < -0.4 is 11.4 Å². The Bertz CT molecular complexity index is 1020. The van der Waals surface area contributed by atoms with E-state index < -0.39 is 77.6 Å². The maximum Gasteiger partial charge on any atom is 0.417 e. The van der Waals surface area contributed by atoms with E-state index in [1.165, 1.54) is 0 Å². The van der Waals surface area contributed by atoms with Crippen molar-refractivity contribution in [1.82, 2.24) is 19.1 Å². The maximum atomic E-state index is 14.2. The predicted molar refractivity (Wildman–Crippen MR) is 84.1 cm³/mol. The number of hydrogen-bond donors (Lipinski definition) is 3. The van der Waals surface area contributed by atoms with E-state index in [0.29, 0.717) is 0 Å². The van der Waals surface area contributed by atoms with Gasteiger partial charge in [0.2, 0.25) is 5.95 Å². The average molecular weight is 470 g/mol. The Kier molecular flexibility index (Phi) is 5.41. The van der Waals surface area contributed by atoms with E-state index in [2.05, 4.69) is 9.97 Å². The van der Waals surface area contributed by atoms with Crippen molar-refractivity contribution in [2.45, 2.75) is 49.6 Å². The van der Waals surface area contributed by atoms with Gasteiger partial charge < -0.3 is 20.7 Å². The summed E-state index contributed by atoms with van der Waals surface area (Å²) in [4.78, 5) is 19.5. The summed E-state index contributed by atoms with van der Waals surface area (Å²) in [5.41, 5.74) is 2.29. The standard InChI is InChI=1S/C13H11ClF7N5O4/c14-7-3-8(24-10(22)23-7)26(11(29)25(3)1-12(16,17)18)9-4(27)2(15)5(30-9)6(28)13(19,20)21/h2,4-6,9,27-28H,1H2,(H2,22,23,24)/t2-,4-,5+,6-,9-/m1/s1. The summed E-state index contributed by atoms with van der Waals surface area (Å²) in [5, 5.41) is 18.5. The van der Waals surface area contributed by atoms with E-state index in [1.54, 1.807) is 0 Å². The van der Waals surface area contributed by atoms with Crippen molar-refractivity contribution in [3.05, 3.63) is 15.6 Å². The van der Waals surface area contributed by atoms with Crippen molar-refractivity contribution in [3.63, 3.8) is 0 Å². The molecule has 2 aromatic rings. The minimum absolute atomic E-state index is 0.0218. The van der Waals surface area contributed by atoms with E-state index in [1.807, 2.05) is 0 Å². The quantitative estimate of drug-likeness (QED) is 0.450. The topological polar surface area (TPSA) is 128 Å². The molecule has 30 heavy (non-hydrogen) atoms. The molecule has 1 fully saturated rings. The molecule has 3 heterocycles. The average Bonchev–Trinajstić information content (AvgIpc) is 3.00. The monoisotopic (exact) mass is 469 g/mol. The minimum atomic E-state index is -5.35. The molecular weight excluding hydrogens is 459 g/mol. The van der Waals surface area contributed by atoms with Crippen LogP contribution in [-0.2, 0) is 11.3 Å². The third-order valence-corrected chi connectivity index (χ3v) is 4.51. The Labute approximate surface area is 165 Å². The van der Waals surface area contributed by atoms with Crippen LogP contribution >= 0.6 is 11.6 Å². The van der Waals surface area contributed by atoms with Crippen molar-refractivity contribution in [2.75, 3.05) is 5.73 Å². The van der Waals surface area contributed by atoms with E-state index in [-0.39, 0.29) is 9.13 Å². The molecule has 0 radical (unpaired) electrons. The molecule has 5 atom stereocenters. The third kappa shape index (κ3) is 3.79. The Morgan fingerprint density at radius 1 is 1.23 bits per heavy atom. The van der Waals surface area contributed by atoms with E-state index >= 15 is 0 Å². The first-order chi connectivity index (χ1) is 13.6. The first kappa shape index (κ1) is 22.5. The Hall–Kier alpha value is -2.17. The second kappa shape index (κ2) is 7.21. The summed E-state index contributed by atoms with van der Waals surface area (Å²) in [6, 6.07) is 0. The Morgan fingerprint density at radius 3 is 2.37 bits per heavy atom. The summed E-state index contributed by atoms with van der Waals surface area (Å²) in [5.74, 6) is -0.637. The lowest BCUT2D eigenvalue weighted by Gasteiger charge is -2.22. The van der Waals surface area contributed by atoms with E-state index in [4.69, 9.17) is 22.1 Å². The van der Waals surface area contributed by atoms with Crippen LogP contribution in [0, 0.1) is 0 Å². The molecule has 1 aliphatic heterocycles. The Balaban J connectivity index is 2.19. The molecule has 0 saturated carbocycles. The zero-order chi connectivity index (χ0) is 22.8. The van der Waals surface area contributed by atoms with E-state index in [9.17, 15) is 45.7 Å². The highest BCUT2D eigenvalue weighted by Crippen LogP contribution is 2.38. The normalized spacial score (nSPS) is 26.5. The fourth-order valence-corrected chi connectivity index (χ4v) is 3.29. The molecule has 1 aliphatic rings. The zero-order valence-corrected chi connectivity index (χ0v) is 15.0. The van der Waals surface area contributed by atoms with Gasteiger partial charge in [-0.25, -0.2) is 13.8 Å². The highest BCUT2D eigenvalue weighted by Gasteiger charge is 2.56. The SMILES string of the molecule is Nc1nc(Cl)c2c(n1)n([C@@H]1O[C@H]([C@@H](O)C(F)(F)F)[C@H](F)[C@H]1O)c(=O)n2CC(F)(F)F. The lowest BCUT2D eigenvalue weighted by atomic mass is 10.1. The van der Waals surface area contributed by atoms with Gasteiger partial charge in [-0.3, -0.25) is 4.57 Å². The van der Waals surface area contributed by atoms with Gasteiger partial charge in [-0.05, 0) is 0 Å². The Morgan fingerprint density at radius 2 is 1.83 bits per heavy atom. The van der Waals surface area contributed by atoms with Crippen molar-refractivity contribution >= 4 is 28.7 Å². The van der Waals surface area contributed by atoms with Gasteiger partial charge in [0.1, 0.15) is 24.3 Å². The van der Waals surface area contributed by atoms with Crippen LogP contribution in [0.3, 0.4) is 0 Å². The number of halogens is 8. The number of rotatable bonds is 3. The molecule has 3 rings (SSSR count). The van der Waals surface area contributed by atoms with Crippen molar-refractivity contribution in [3.8, 4) is 0 Å². The number of anilines is 1. The number of nitrogens with two attached hydrogens (primary N) is 1. The molecule has 2 aromatic heterocycles. The highest BCUT2D eigenvalue weighted by molar-refractivity contribution is 6.33. The third-order valence-electron chi connectivity index (χ3n) is 4.24. The highest BCUT2D eigenvalue weighted by atomic mass is 35.5. The molecule has 0 bridgehead atoms. The molecule has 0 aliphatic carbocycles. The number of imidazole rings is 1. The summed E-state index contributed by atoms with van der Waals surface area (Å²) < 4.78 is 96.1.